The number of aromatic nitrogens is 2. The molecule has 0 saturated heterocycles. The van der Waals surface area contributed by atoms with Crippen molar-refractivity contribution < 1.29 is 4.39 Å². The van der Waals surface area contributed by atoms with Crippen molar-refractivity contribution >= 4 is 28.9 Å². The number of rotatable bonds is 1. The summed E-state index contributed by atoms with van der Waals surface area (Å²) in [6.45, 7) is 0. The van der Waals surface area contributed by atoms with Crippen LogP contribution in [0.5, 0.6) is 0 Å². The second-order valence-corrected chi connectivity index (χ2v) is 4.24. The second kappa shape index (κ2) is 3.51. The Balaban J connectivity index is 2.55. The number of thiophene rings is 1. The lowest BCUT2D eigenvalue weighted by Crippen LogP contribution is -1.97. The smallest absolute Gasteiger partial charge is 0.220 e. The van der Waals surface area contributed by atoms with E-state index in [4.69, 9.17) is 17.3 Å². The average Bonchev–Trinajstić information content (AvgIpc) is 2.56. The van der Waals surface area contributed by atoms with Gasteiger partial charge in [0.25, 0.3) is 0 Å². The minimum atomic E-state index is -0.502. The fourth-order valence-electron chi connectivity index (χ4n) is 0.995. The predicted molar refractivity (Wildman–Crippen MR) is 54.7 cm³/mol. The van der Waals surface area contributed by atoms with Crippen LogP contribution in [-0.4, -0.2) is 9.97 Å². The molecule has 3 nitrogen and oxygen atoms in total. The average molecular weight is 230 g/mol. The molecular weight excluding hydrogens is 225 g/mol. The molecule has 0 radical (unpaired) electrons. The zero-order chi connectivity index (χ0) is 10.1. The van der Waals surface area contributed by atoms with E-state index in [1.807, 2.05) is 0 Å². The molecule has 6 heteroatoms. The summed E-state index contributed by atoms with van der Waals surface area (Å²) in [7, 11) is 0. The van der Waals surface area contributed by atoms with Gasteiger partial charge in [-0.2, -0.15) is 0 Å². The van der Waals surface area contributed by atoms with Gasteiger partial charge < -0.3 is 5.73 Å². The topological polar surface area (TPSA) is 51.8 Å². The van der Waals surface area contributed by atoms with Crippen LogP contribution >= 0.6 is 22.9 Å². The maximum Gasteiger partial charge on any atom is 0.220 e. The summed E-state index contributed by atoms with van der Waals surface area (Å²) in [4.78, 5) is 7.98. The lowest BCUT2D eigenvalue weighted by atomic mass is 10.3. The lowest BCUT2D eigenvalue weighted by molar-refractivity contribution is 0.619. The minimum absolute atomic E-state index is 0.0472. The molecule has 2 rings (SSSR count). The molecule has 2 N–H and O–H groups in total. The van der Waals surface area contributed by atoms with Crippen molar-refractivity contribution in [2.24, 2.45) is 0 Å². The summed E-state index contributed by atoms with van der Waals surface area (Å²) in [6, 6.07) is 3.37. The van der Waals surface area contributed by atoms with Crippen LogP contribution in [0.1, 0.15) is 0 Å². The summed E-state index contributed by atoms with van der Waals surface area (Å²) < 4.78 is 13.8. The third-order valence-corrected chi connectivity index (χ3v) is 2.81. The first-order valence-corrected chi connectivity index (χ1v) is 4.90. The predicted octanol–water partition coefficient (Wildman–Crippen LogP) is 2.58. The SMILES string of the molecule is Nc1ncc(F)c(-c2ccc(Cl)s2)n1. The molecule has 0 fully saturated rings. The lowest BCUT2D eigenvalue weighted by Gasteiger charge is -1.98. The van der Waals surface area contributed by atoms with Gasteiger partial charge in [-0.25, -0.2) is 14.4 Å². The first-order valence-electron chi connectivity index (χ1n) is 3.70. The van der Waals surface area contributed by atoms with E-state index in [1.54, 1.807) is 12.1 Å². The third kappa shape index (κ3) is 1.69. The first kappa shape index (κ1) is 9.36. The molecule has 0 aliphatic heterocycles. The van der Waals surface area contributed by atoms with Gasteiger partial charge in [0.2, 0.25) is 5.95 Å². The van der Waals surface area contributed by atoms with Crippen molar-refractivity contribution in [3.8, 4) is 10.6 Å². The van der Waals surface area contributed by atoms with E-state index < -0.39 is 5.82 Å². The van der Waals surface area contributed by atoms with Crippen molar-refractivity contribution in [1.82, 2.24) is 9.97 Å². The number of nitrogens with two attached hydrogens (primary N) is 1. The van der Waals surface area contributed by atoms with Crippen LogP contribution in [0.2, 0.25) is 4.34 Å². The van der Waals surface area contributed by atoms with Crippen molar-refractivity contribution in [2.45, 2.75) is 0 Å². The fourth-order valence-corrected chi connectivity index (χ4v) is 2.03. The number of anilines is 1. The highest BCUT2D eigenvalue weighted by Gasteiger charge is 2.10. The minimum Gasteiger partial charge on any atom is -0.368 e. The molecule has 2 aromatic rings. The van der Waals surface area contributed by atoms with Gasteiger partial charge in [0.05, 0.1) is 15.4 Å². The summed E-state index contributed by atoms with van der Waals surface area (Å²) in [5.41, 5.74) is 5.54. The molecule has 0 atom stereocenters. The highest BCUT2D eigenvalue weighted by Crippen LogP contribution is 2.31. The van der Waals surface area contributed by atoms with Gasteiger partial charge >= 0.3 is 0 Å². The molecule has 0 amide bonds. The molecule has 0 aliphatic carbocycles. The number of halogens is 2. The van der Waals surface area contributed by atoms with Gasteiger partial charge in [-0.3, -0.25) is 0 Å². The van der Waals surface area contributed by atoms with Gasteiger partial charge in [0.15, 0.2) is 5.82 Å². The van der Waals surface area contributed by atoms with Gasteiger partial charge in [-0.15, -0.1) is 11.3 Å². The Kier molecular flexibility index (Phi) is 2.35. The Bertz CT molecular complexity index is 471. The standard InChI is InChI=1S/C8H5ClFN3S/c9-6-2-1-5(14-6)7-4(10)3-12-8(11)13-7/h1-3H,(H2,11,12,13). The first-order chi connectivity index (χ1) is 6.66. The summed E-state index contributed by atoms with van der Waals surface area (Å²) in [6.07, 6.45) is 1.05. The van der Waals surface area contributed by atoms with Gasteiger partial charge in [-0.1, -0.05) is 11.6 Å². The number of hydrogen-bond donors (Lipinski definition) is 1. The van der Waals surface area contributed by atoms with Gasteiger partial charge in [0, 0.05) is 0 Å². The van der Waals surface area contributed by atoms with Crippen LogP contribution in [0.15, 0.2) is 18.3 Å². The maximum absolute atomic E-state index is 13.2. The van der Waals surface area contributed by atoms with E-state index in [0.29, 0.717) is 9.21 Å². The van der Waals surface area contributed by atoms with Crippen molar-refractivity contribution in [1.29, 1.82) is 0 Å². The van der Waals surface area contributed by atoms with Crippen LogP contribution in [0.4, 0.5) is 10.3 Å². The third-order valence-electron chi connectivity index (χ3n) is 1.57. The van der Waals surface area contributed by atoms with Gasteiger partial charge in [0.1, 0.15) is 5.69 Å². The fraction of sp³-hybridized carbons (Fsp3) is 0. The van der Waals surface area contributed by atoms with Crippen LogP contribution in [0.3, 0.4) is 0 Å². The molecule has 0 unspecified atom stereocenters. The van der Waals surface area contributed by atoms with E-state index >= 15 is 0 Å². The summed E-state index contributed by atoms with van der Waals surface area (Å²) >= 11 is 6.97. The number of hydrogen-bond acceptors (Lipinski definition) is 4. The highest BCUT2D eigenvalue weighted by atomic mass is 35.5. The van der Waals surface area contributed by atoms with Crippen LogP contribution in [0, 0.1) is 5.82 Å². The van der Waals surface area contributed by atoms with Crippen molar-refractivity contribution in [3.05, 3.63) is 28.5 Å². The molecule has 0 spiro atoms. The Morgan fingerprint density at radius 2 is 2.21 bits per heavy atom. The molecule has 2 heterocycles. The molecule has 2 aromatic heterocycles. The highest BCUT2D eigenvalue weighted by molar-refractivity contribution is 7.19. The zero-order valence-electron chi connectivity index (χ0n) is 6.87. The number of nitrogen functional groups attached to an aromatic ring is 1. The van der Waals surface area contributed by atoms with Gasteiger partial charge in [-0.05, 0) is 12.1 Å². The Labute approximate surface area is 88.4 Å². The monoisotopic (exact) mass is 229 g/mol. The quantitative estimate of drug-likeness (QED) is 0.818. The zero-order valence-corrected chi connectivity index (χ0v) is 8.44. The molecule has 0 saturated carbocycles. The van der Waals surface area contributed by atoms with E-state index in [9.17, 15) is 4.39 Å². The second-order valence-electron chi connectivity index (χ2n) is 2.53. The van der Waals surface area contributed by atoms with E-state index in [1.165, 1.54) is 11.3 Å². The molecule has 72 valence electrons. The molecule has 0 bridgehead atoms. The molecule has 0 aromatic carbocycles. The summed E-state index contributed by atoms with van der Waals surface area (Å²) in [5, 5.41) is 0. The Morgan fingerprint density at radius 3 is 2.86 bits per heavy atom. The normalized spacial score (nSPS) is 10.4. The number of nitrogens with zero attached hydrogens (tertiary/aromatic N) is 2. The van der Waals surface area contributed by atoms with Crippen molar-refractivity contribution in [3.63, 3.8) is 0 Å². The summed E-state index contributed by atoms with van der Waals surface area (Å²) in [5.74, 6) is -0.455. The largest absolute Gasteiger partial charge is 0.368 e. The van der Waals surface area contributed by atoms with E-state index in [2.05, 4.69) is 9.97 Å². The van der Waals surface area contributed by atoms with Crippen molar-refractivity contribution in [2.75, 3.05) is 5.73 Å². The van der Waals surface area contributed by atoms with Crippen LogP contribution in [0.25, 0.3) is 10.6 Å². The van der Waals surface area contributed by atoms with Crippen LogP contribution < -0.4 is 5.73 Å². The molecular formula is C8H5ClFN3S. The van der Waals surface area contributed by atoms with E-state index in [-0.39, 0.29) is 11.6 Å². The Hall–Kier alpha value is -1.20. The maximum atomic E-state index is 13.2. The molecule has 0 aliphatic rings. The van der Waals surface area contributed by atoms with Crippen LogP contribution in [-0.2, 0) is 0 Å². The Morgan fingerprint density at radius 1 is 1.43 bits per heavy atom. The molecule has 14 heavy (non-hydrogen) atoms. The van der Waals surface area contributed by atoms with E-state index in [0.717, 1.165) is 6.20 Å².